The number of carbonyl (C=O) groups excluding carboxylic acids is 2. The van der Waals surface area contributed by atoms with Crippen LogP contribution in [0.1, 0.15) is 10.4 Å². The topological polar surface area (TPSA) is 58.6 Å². The molecule has 7 heteroatoms. The molecule has 1 aliphatic carbocycles. The zero-order chi connectivity index (χ0) is 24.2. The number of amides is 2. The van der Waals surface area contributed by atoms with Crippen molar-refractivity contribution >= 4 is 46.7 Å². The number of hydrogen-bond donors (Lipinski definition) is 1. The van der Waals surface area contributed by atoms with Crippen LogP contribution in [-0.4, -0.2) is 36.0 Å². The largest absolute Gasteiger partial charge is 0.496 e. The van der Waals surface area contributed by atoms with Crippen molar-refractivity contribution in [3.63, 3.8) is 0 Å². The zero-order valence-corrected chi connectivity index (χ0v) is 20.7. The van der Waals surface area contributed by atoms with Crippen molar-refractivity contribution in [3.8, 4) is 5.75 Å². The molecule has 176 valence electrons. The van der Waals surface area contributed by atoms with Gasteiger partial charge in [-0.2, -0.15) is 0 Å². The number of carbonyl (C=O) groups is 2. The van der Waals surface area contributed by atoms with Crippen LogP contribution in [0.15, 0.2) is 107 Å². The summed E-state index contributed by atoms with van der Waals surface area (Å²) < 4.78 is 5.31. The maximum Gasteiger partial charge on any atom is 0.326 e. The molecule has 2 unspecified atom stereocenters. The predicted molar refractivity (Wildman–Crippen MR) is 144 cm³/mol. The SMILES string of the molecule is COc1ccccc1C(=O)CSc1cccc(NC(=O)N2c3ccccc3SC3C=CC=CC32)c1. The van der Waals surface area contributed by atoms with Gasteiger partial charge >= 0.3 is 6.03 Å². The van der Waals surface area contributed by atoms with Crippen LogP contribution in [0.3, 0.4) is 0 Å². The molecule has 2 aliphatic rings. The van der Waals surface area contributed by atoms with Crippen LogP contribution < -0.4 is 15.0 Å². The summed E-state index contributed by atoms with van der Waals surface area (Å²) in [4.78, 5) is 30.0. The molecule has 2 atom stereocenters. The Morgan fingerprint density at radius 1 is 1.00 bits per heavy atom. The maximum atomic E-state index is 13.5. The molecule has 0 radical (unpaired) electrons. The van der Waals surface area contributed by atoms with Gasteiger partial charge in [-0.3, -0.25) is 9.69 Å². The van der Waals surface area contributed by atoms with Crippen molar-refractivity contribution < 1.29 is 14.3 Å². The predicted octanol–water partition coefficient (Wildman–Crippen LogP) is 6.68. The number of allylic oxidation sites excluding steroid dienone is 2. The fourth-order valence-corrected chi connectivity index (χ4v) is 6.27. The van der Waals surface area contributed by atoms with Gasteiger partial charge in [-0.25, -0.2) is 4.79 Å². The number of nitrogens with zero attached hydrogens (tertiary/aromatic N) is 1. The molecule has 1 N–H and O–H groups in total. The number of hydrogen-bond acceptors (Lipinski definition) is 5. The van der Waals surface area contributed by atoms with Gasteiger partial charge in [-0.15, -0.1) is 23.5 Å². The van der Waals surface area contributed by atoms with E-state index in [1.54, 1.807) is 31.0 Å². The summed E-state index contributed by atoms with van der Waals surface area (Å²) >= 11 is 3.21. The molecular weight excluding hydrogens is 476 g/mol. The minimum Gasteiger partial charge on any atom is -0.496 e. The Kier molecular flexibility index (Phi) is 6.97. The second-order valence-electron chi connectivity index (χ2n) is 8.05. The summed E-state index contributed by atoms with van der Waals surface area (Å²) in [6, 6.07) is 22.6. The number of rotatable bonds is 6. The zero-order valence-electron chi connectivity index (χ0n) is 19.1. The van der Waals surface area contributed by atoms with E-state index in [0.717, 1.165) is 15.5 Å². The third-order valence-corrected chi connectivity index (χ3v) is 8.13. The fraction of sp³-hybridized carbons (Fsp3) is 0.143. The monoisotopic (exact) mass is 500 g/mol. The lowest BCUT2D eigenvalue weighted by Crippen LogP contribution is -2.49. The number of para-hydroxylation sites is 2. The molecule has 0 saturated carbocycles. The lowest BCUT2D eigenvalue weighted by atomic mass is 10.1. The maximum absolute atomic E-state index is 13.5. The van der Waals surface area contributed by atoms with Gasteiger partial charge in [0.2, 0.25) is 0 Å². The van der Waals surface area contributed by atoms with E-state index < -0.39 is 0 Å². The molecule has 0 saturated heterocycles. The molecule has 0 spiro atoms. The first-order valence-corrected chi connectivity index (χ1v) is 13.1. The van der Waals surface area contributed by atoms with Crippen molar-refractivity contribution in [1.29, 1.82) is 0 Å². The molecule has 0 aromatic heterocycles. The number of thioether (sulfide) groups is 2. The number of fused-ring (bicyclic) bond motifs is 2. The average molecular weight is 501 g/mol. The normalized spacial score (nSPS) is 17.9. The smallest absolute Gasteiger partial charge is 0.326 e. The van der Waals surface area contributed by atoms with Gasteiger partial charge in [0.15, 0.2) is 5.78 Å². The molecule has 1 aliphatic heterocycles. The Morgan fingerprint density at radius 2 is 1.80 bits per heavy atom. The number of urea groups is 1. The van der Waals surface area contributed by atoms with Gasteiger partial charge in [-0.05, 0) is 42.5 Å². The van der Waals surface area contributed by atoms with Crippen LogP contribution in [-0.2, 0) is 0 Å². The molecule has 5 rings (SSSR count). The molecule has 1 heterocycles. The van der Waals surface area contributed by atoms with Crippen molar-refractivity contribution in [2.75, 3.05) is 23.1 Å². The summed E-state index contributed by atoms with van der Waals surface area (Å²) in [6.45, 7) is 0. The second-order valence-corrected chi connectivity index (χ2v) is 10.3. The van der Waals surface area contributed by atoms with Crippen LogP contribution in [0.2, 0.25) is 0 Å². The minimum atomic E-state index is -0.181. The molecular formula is C28H24N2O3S2. The van der Waals surface area contributed by atoms with E-state index in [4.69, 9.17) is 4.74 Å². The van der Waals surface area contributed by atoms with Crippen LogP contribution >= 0.6 is 23.5 Å². The standard InChI is InChI=1S/C28H24N2O3S2/c1-33-25-14-5-2-11-21(25)24(31)18-34-20-10-8-9-19(17-20)29-28(32)30-22-12-3-6-15-26(22)35-27-16-7-4-13-23(27)30/h2-17,22,26H,18H2,1H3,(H,29,32). The Morgan fingerprint density at radius 3 is 2.69 bits per heavy atom. The summed E-state index contributed by atoms with van der Waals surface area (Å²) in [6.07, 6.45) is 8.24. The Bertz CT molecular complexity index is 1320. The van der Waals surface area contributed by atoms with Gasteiger partial charge in [0, 0.05) is 15.5 Å². The molecule has 0 fully saturated rings. The van der Waals surface area contributed by atoms with Crippen molar-refractivity contribution in [2.24, 2.45) is 0 Å². The van der Waals surface area contributed by atoms with Crippen molar-refractivity contribution in [1.82, 2.24) is 0 Å². The number of nitrogens with one attached hydrogen (secondary N) is 1. The van der Waals surface area contributed by atoms with Crippen LogP contribution in [0.25, 0.3) is 0 Å². The Balaban J connectivity index is 1.30. The minimum absolute atomic E-state index is 0.00695. The molecule has 0 bridgehead atoms. The highest BCUT2D eigenvalue weighted by atomic mass is 32.2. The third-order valence-electron chi connectivity index (χ3n) is 5.82. The number of anilines is 2. The number of ketones is 1. The van der Waals surface area contributed by atoms with E-state index in [2.05, 4.69) is 23.5 Å². The highest BCUT2D eigenvalue weighted by molar-refractivity contribution is 8.00. The van der Waals surface area contributed by atoms with Crippen molar-refractivity contribution in [3.05, 3.63) is 103 Å². The fourth-order valence-electron chi connectivity index (χ4n) is 4.17. The lowest BCUT2D eigenvalue weighted by molar-refractivity contribution is 0.101. The highest BCUT2D eigenvalue weighted by Gasteiger charge is 2.36. The van der Waals surface area contributed by atoms with E-state index in [9.17, 15) is 9.59 Å². The molecule has 3 aromatic rings. The van der Waals surface area contributed by atoms with E-state index in [1.807, 2.05) is 71.6 Å². The second kappa shape index (κ2) is 10.5. The molecule has 3 aromatic carbocycles. The Hall–Kier alpha value is -3.42. The van der Waals surface area contributed by atoms with Crippen LogP contribution in [0.4, 0.5) is 16.2 Å². The van der Waals surface area contributed by atoms with E-state index in [0.29, 0.717) is 17.0 Å². The number of Topliss-reactive ketones (excluding diaryl/α,β-unsaturated/α-hetero) is 1. The summed E-state index contributed by atoms with van der Waals surface area (Å²) in [5.74, 6) is 0.839. The average Bonchev–Trinajstić information content (AvgIpc) is 2.90. The van der Waals surface area contributed by atoms with Crippen molar-refractivity contribution in [2.45, 2.75) is 21.1 Å². The van der Waals surface area contributed by atoms with E-state index in [-0.39, 0.29) is 28.9 Å². The first kappa shape index (κ1) is 23.3. The summed E-state index contributed by atoms with van der Waals surface area (Å²) in [5, 5.41) is 3.23. The Labute approximate surface area is 213 Å². The van der Waals surface area contributed by atoms with Gasteiger partial charge in [0.1, 0.15) is 5.75 Å². The van der Waals surface area contributed by atoms with Crippen LogP contribution in [0, 0.1) is 0 Å². The molecule has 5 nitrogen and oxygen atoms in total. The highest BCUT2D eigenvalue weighted by Crippen LogP contribution is 2.43. The quantitative estimate of drug-likeness (QED) is 0.302. The van der Waals surface area contributed by atoms with Gasteiger partial charge in [0.25, 0.3) is 0 Å². The first-order valence-electron chi connectivity index (χ1n) is 11.2. The van der Waals surface area contributed by atoms with Gasteiger partial charge < -0.3 is 10.1 Å². The summed E-state index contributed by atoms with van der Waals surface area (Å²) in [7, 11) is 1.56. The van der Waals surface area contributed by atoms with Crippen LogP contribution in [0.5, 0.6) is 5.75 Å². The van der Waals surface area contributed by atoms with Gasteiger partial charge in [-0.1, -0.05) is 54.6 Å². The van der Waals surface area contributed by atoms with E-state index in [1.165, 1.54) is 11.8 Å². The van der Waals surface area contributed by atoms with E-state index >= 15 is 0 Å². The van der Waals surface area contributed by atoms with Gasteiger partial charge in [0.05, 0.1) is 35.4 Å². The third kappa shape index (κ3) is 5.01. The molecule has 2 amide bonds. The first-order chi connectivity index (χ1) is 17.1. The summed E-state index contributed by atoms with van der Waals surface area (Å²) in [5.41, 5.74) is 2.16. The number of ether oxygens (including phenoxy) is 1. The lowest BCUT2D eigenvalue weighted by Gasteiger charge is -2.40. The molecule has 35 heavy (non-hydrogen) atoms. The number of benzene rings is 3. The number of methoxy groups -OCH3 is 1.